The molecule has 1 aliphatic rings. The van der Waals surface area contributed by atoms with E-state index in [0.29, 0.717) is 12.5 Å². The summed E-state index contributed by atoms with van der Waals surface area (Å²) in [5, 5.41) is 2.90. The predicted molar refractivity (Wildman–Crippen MR) is 68.0 cm³/mol. The van der Waals surface area contributed by atoms with Gasteiger partial charge < -0.3 is 10.1 Å². The molecule has 1 aromatic carbocycles. The number of anilines is 1. The van der Waals surface area contributed by atoms with Crippen molar-refractivity contribution < 1.29 is 9.53 Å². The van der Waals surface area contributed by atoms with Crippen LogP contribution in [0.4, 0.5) is 5.69 Å². The van der Waals surface area contributed by atoms with E-state index in [0.717, 1.165) is 31.6 Å². The topological polar surface area (TPSA) is 38.3 Å². The molecule has 1 saturated heterocycles. The maximum Gasteiger partial charge on any atom is 0.224 e. The van der Waals surface area contributed by atoms with E-state index in [1.54, 1.807) is 0 Å². The molecule has 0 spiro atoms. The van der Waals surface area contributed by atoms with Crippen molar-refractivity contribution in [1.29, 1.82) is 0 Å². The number of hydrogen-bond donors (Lipinski definition) is 1. The summed E-state index contributed by atoms with van der Waals surface area (Å²) in [6.45, 7) is 2.88. The van der Waals surface area contributed by atoms with Crippen molar-refractivity contribution in [2.75, 3.05) is 11.9 Å². The SMILES string of the molecule is Cc1ccc(NC(=O)CC[C@@H]2CCCO2)cc1. The number of hydrogen-bond acceptors (Lipinski definition) is 2. The third kappa shape index (κ3) is 3.86. The van der Waals surface area contributed by atoms with Gasteiger partial charge in [-0.15, -0.1) is 0 Å². The van der Waals surface area contributed by atoms with E-state index in [2.05, 4.69) is 5.32 Å². The highest BCUT2D eigenvalue weighted by Crippen LogP contribution is 2.17. The quantitative estimate of drug-likeness (QED) is 0.868. The minimum Gasteiger partial charge on any atom is -0.378 e. The normalized spacial score (nSPS) is 19.2. The molecular weight excluding hydrogens is 214 g/mol. The van der Waals surface area contributed by atoms with Gasteiger partial charge >= 0.3 is 0 Å². The van der Waals surface area contributed by atoms with Gasteiger partial charge in [-0.05, 0) is 38.3 Å². The van der Waals surface area contributed by atoms with Crippen LogP contribution in [0.3, 0.4) is 0 Å². The largest absolute Gasteiger partial charge is 0.378 e. The molecule has 1 fully saturated rings. The lowest BCUT2D eigenvalue weighted by molar-refractivity contribution is -0.116. The zero-order valence-electron chi connectivity index (χ0n) is 10.2. The standard InChI is InChI=1S/C14H19NO2/c1-11-4-6-12(7-5-11)15-14(16)9-8-13-3-2-10-17-13/h4-7,13H,2-3,8-10H2,1H3,(H,15,16)/t13-/m0/s1. The molecular formula is C14H19NO2. The summed E-state index contributed by atoms with van der Waals surface area (Å²) in [6.07, 6.45) is 3.89. The number of rotatable bonds is 4. The first-order valence-electron chi connectivity index (χ1n) is 6.22. The van der Waals surface area contributed by atoms with Gasteiger partial charge in [-0.3, -0.25) is 4.79 Å². The number of benzene rings is 1. The van der Waals surface area contributed by atoms with Gasteiger partial charge in [-0.1, -0.05) is 17.7 Å². The van der Waals surface area contributed by atoms with Crippen LogP contribution in [0.25, 0.3) is 0 Å². The van der Waals surface area contributed by atoms with Gasteiger partial charge in [0.2, 0.25) is 5.91 Å². The van der Waals surface area contributed by atoms with E-state index in [4.69, 9.17) is 4.74 Å². The second kappa shape index (κ2) is 5.82. The second-order valence-electron chi connectivity index (χ2n) is 4.59. The first kappa shape index (κ1) is 12.1. The molecule has 1 heterocycles. The first-order chi connectivity index (χ1) is 8.24. The fraction of sp³-hybridized carbons (Fsp3) is 0.500. The van der Waals surface area contributed by atoms with Gasteiger partial charge in [-0.2, -0.15) is 0 Å². The Labute approximate surface area is 102 Å². The van der Waals surface area contributed by atoms with Crippen LogP contribution in [0.1, 0.15) is 31.2 Å². The van der Waals surface area contributed by atoms with E-state index in [1.807, 2.05) is 31.2 Å². The lowest BCUT2D eigenvalue weighted by Gasteiger charge is -2.09. The van der Waals surface area contributed by atoms with Gasteiger partial charge in [0.1, 0.15) is 0 Å². The molecule has 1 aromatic rings. The molecule has 3 heteroatoms. The van der Waals surface area contributed by atoms with Crippen molar-refractivity contribution in [2.45, 2.75) is 38.7 Å². The fourth-order valence-electron chi connectivity index (χ4n) is 2.02. The molecule has 92 valence electrons. The monoisotopic (exact) mass is 233 g/mol. The Morgan fingerprint density at radius 3 is 2.82 bits per heavy atom. The summed E-state index contributed by atoms with van der Waals surface area (Å²) < 4.78 is 5.49. The van der Waals surface area contributed by atoms with Crippen LogP contribution in [-0.2, 0) is 9.53 Å². The molecule has 0 radical (unpaired) electrons. The fourth-order valence-corrected chi connectivity index (χ4v) is 2.02. The number of ether oxygens (including phenoxy) is 1. The van der Waals surface area contributed by atoms with Gasteiger partial charge in [0.15, 0.2) is 0 Å². The van der Waals surface area contributed by atoms with Gasteiger partial charge in [-0.25, -0.2) is 0 Å². The summed E-state index contributed by atoms with van der Waals surface area (Å²) in [7, 11) is 0. The highest BCUT2D eigenvalue weighted by Gasteiger charge is 2.16. The van der Waals surface area contributed by atoms with Crippen molar-refractivity contribution >= 4 is 11.6 Å². The van der Waals surface area contributed by atoms with Crippen LogP contribution in [0.2, 0.25) is 0 Å². The molecule has 0 aliphatic carbocycles. The van der Waals surface area contributed by atoms with Gasteiger partial charge in [0.25, 0.3) is 0 Å². The van der Waals surface area contributed by atoms with E-state index < -0.39 is 0 Å². The lowest BCUT2D eigenvalue weighted by atomic mass is 10.1. The Hall–Kier alpha value is -1.35. The third-order valence-electron chi connectivity index (χ3n) is 3.05. The molecule has 0 unspecified atom stereocenters. The smallest absolute Gasteiger partial charge is 0.224 e. The van der Waals surface area contributed by atoms with E-state index in [1.165, 1.54) is 5.56 Å². The average molecular weight is 233 g/mol. The van der Waals surface area contributed by atoms with Crippen molar-refractivity contribution in [3.8, 4) is 0 Å². The Bertz CT molecular complexity index is 366. The third-order valence-corrected chi connectivity index (χ3v) is 3.05. The number of carbonyl (C=O) groups excluding carboxylic acids is 1. The van der Waals surface area contributed by atoms with Crippen LogP contribution < -0.4 is 5.32 Å². The molecule has 17 heavy (non-hydrogen) atoms. The molecule has 1 amide bonds. The number of nitrogens with one attached hydrogen (secondary N) is 1. The average Bonchev–Trinajstić information content (AvgIpc) is 2.83. The maximum absolute atomic E-state index is 11.7. The highest BCUT2D eigenvalue weighted by molar-refractivity contribution is 5.90. The maximum atomic E-state index is 11.7. The Kier molecular flexibility index (Phi) is 4.15. The Morgan fingerprint density at radius 1 is 1.41 bits per heavy atom. The van der Waals surface area contributed by atoms with Crippen LogP contribution in [-0.4, -0.2) is 18.6 Å². The molecule has 0 bridgehead atoms. The van der Waals surface area contributed by atoms with Crippen LogP contribution in [0, 0.1) is 6.92 Å². The molecule has 0 saturated carbocycles. The molecule has 3 nitrogen and oxygen atoms in total. The molecule has 0 aromatic heterocycles. The van der Waals surface area contributed by atoms with Gasteiger partial charge in [0, 0.05) is 18.7 Å². The first-order valence-corrected chi connectivity index (χ1v) is 6.22. The van der Waals surface area contributed by atoms with Crippen LogP contribution in [0.5, 0.6) is 0 Å². The highest BCUT2D eigenvalue weighted by atomic mass is 16.5. The number of aryl methyl sites for hydroxylation is 1. The van der Waals surface area contributed by atoms with Crippen molar-refractivity contribution in [3.05, 3.63) is 29.8 Å². The van der Waals surface area contributed by atoms with Crippen molar-refractivity contribution in [1.82, 2.24) is 0 Å². The molecule has 1 atom stereocenters. The zero-order valence-corrected chi connectivity index (χ0v) is 10.2. The summed E-state index contributed by atoms with van der Waals surface area (Å²) in [6, 6.07) is 7.85. The van der Waals surface area contributed by atoms with E-state index in [9.17, 15) is 4.79 Å². The van der Waals surface area contributed by atoms with Crippen molar-refractivity contribution in [2.24, 2.45) is 0 Å². The Balaban J connectivity index is 1.74. The summed E-state index contributed by atoms with van der Waals surface area (Å²) in [4.78, 5) is 11.7. The molecule has 2 rings (SSSR count). The van der Waals surface area contributed by atoms with Gasteiger partial charge in [0.05, 0.1) is 6.10 Å². The molecule has 1 aliphatic heterocycles. The predicted octanol–water partition coefficient (Wildman–Crippen LogP) is 2.89. The van der Waals surface area contributed by atoms with E-state index >= 15 is 0 Å². The van der Waals surface area contributed by atoms with E-state index in [-0.39, 0.29) is 5.91 Å². The summed E-state index contributed by atoms with van der Waals surface area (Å²) in [5.41, 5.74) is 2.07. The lowest BCUT2D eigenvalue weighted by Crippen LogP contribution is -2.15. The minimum atomic E-state index is 0.0735. The minimum absolute atomic E-state index is 0.0735. The second-order valence-corrected chi connectivity index (χ2v) is 4.59. The van der Waals surface area contributed by atoms with Crippen LogP contribution in [0.15, 0.2) is 24.3 Å². The van der Waals surface area contributed by atoms with Crippen molar-refractivity contribution in [3.63, 3.8) is 0 Å². The summed E-state index contributed by atoms with van der Waals surface area (Å²) >= 11 is 0. The molecule has 1 N–H and O–H groups in total. The van der Waals surface area contributed by atoms with Crippen LogP contribution >= 0.6 is 0 Å². The Morgan fingerprint density at radius 2 is 2.18 bits per heavy atom. The number of amides is 1. The number of carbonyl (C=O) groups is 1. The summed E-state index contributed by atoms with van der Waals surface area (Å²) in [5.74, 6) is 0.0735. The zero-order chi connectivity index (χ0) is 12.1.